The highest BCUT2D eigenvalue weighted by atomic mass is 79.9. The van der Waals surface area contributed by atoms with Gasteiger partial charge in [0, 0.05) is 23.7 Å². The minimum Gasteiger partial charge on any atom is -0.488 e. The molecule has 0 amide bonds. The summed E-state index contributed by atoms with van der Waals surface area (Å²) in [6, 6.07) is 6.03. The van der Waals surface area contributed by atoms with E-state index in [0.717, 1.165) is 23.2 Å². The van der Waals surface area contributed by atoms with Gasteiger partial charge < -0.3 is 10.1 Å². The molecule has 0 fully saturated rings. The van der Waals surface area contributed by atoms with Crippen molar-refractivity contribution >= 4 is 25.8 Å². The molecule has 0 bridgehead atoms. The Kier molecular flexibility index (Phi) is 4.86. The number of hydrogen-bond acceptors (Lipinski definition) is 4. The minimum absolute atomic E-state index is 0.141. The molecule has 0 radical (unpaired) electrons. The van der Waals surface area contributed by atoms with E-state index in [-0.39, 0.29) is 11.9 Å². The number of halogens is 1. The third-order valence-electron chi connectivity index (χ3n) is 3.00. The van der Waals surface area contributed by atoms with Gasteiger partial charge in [0.25, 0.3) is 0 Å². The SMILES string of the molecule is CS(=O)(=O)CCCNCC1Cc2cc(Br)ccc2O1. The molecule has 1 N–H and O–H groups in total. The zero-order valence-electron chi connectivity index (χ0n) is 10.9. The Morgan fingerprint density at radius 3 is 3.00 bits per heavy atom. The Hall–Kier alpha value is -0.590. The maximum absolute atomic E-state index is 11.0. The van der Waals surface area contributed by atoms with Crippen LogP contribution in [-0.4, -0.2) is 39.6 Å². The molecule has 0 aliphatic carbocycles. The van der Waals surface area contributed by atoms with Crippen molar-refractivity contribution in [1.82, 2.24) is 5.32 Å². The van der Waals surface area contributed by atoms with Crippen LogP contribution < -0.4 is 10.1 Å². The van der Waals surface area contributed by atoms with E-state index in [1.807, 2.05) is 12.1 Å². The van der Waals surface area contributed by atoms with Crippen molar-refractivity contribution in [2.75, 3.05) is 25.1 Å². The number of rotatable bonds is 6. The molecular weight excluding hydrogens is 330 g/mol. The summed E-state index contributed by atoms with van der Waals surface area (Å²) in [5, 5.41) is 3.25. The minimum atomic E-state index is -2.85. The summed E-state index contributed by atoms with van der Waals surface area (Å²) >= 11 is 3.45. The Balaban J connectivity index is 1.70. The first-order valence-corrected chi connectivity index (χ1v) is 9.13. The zero-order chi connectivity index (χ0) is 13.9. The van der Waals surface area contributed by atoms with Crippen LogP contribution in [0.4, 0.5) is 0 Å². The normalized spacial score (nSPS) is 18.1. The summed E-state index contributed by atoms with van der Waals surface area (Å²) in [4.78, 5) is 0. The van der Waals surface area contributed by atoms with Gasteiger partial charge in [-0.1, -0.05) is 15.9 Å². The van der Waals surface area contributed by atoms with Crippen LogP contribution in [-0.2, 0) is 16.3 Å². The standard InChI is InChI=1S/C13H18BrNO3S/c1-19(16,17)6-2-5-15-9-12-8-10-7-11(14)3-4-13(10)18-12/h3-4,7,12,15H,2,5-6,8-9H2,1H3. The molecule has 19 heavy (non-hydrogen) atoms. The van der Waals surface area contributed by atoms with Crippen molar-refractivity contribution in [3.63, 3.8) is 0 Å². The second-order valence-corrected chi connectivity index (χ2v) is 8.06. The van der Waals surface area contributed by atoms with Crippen LogP contribution in [0, 0.1) is 0 Å². The molecule has 1 atom stereocenters. The van der Waals surface area contributed by atoms with Gasteiger partial charge >= 0.3 is 0 Å². The molecule has 1 aromatic carbocycles. The third kappa shape index (κ3) is 4.78. The quantitative estimate of drug-likeness (QED) is 0.797. The Labute approximate surface area is 122 Å². The molecule has 4 nitrogen and oxygen atoms in total. The molecule has 0 saturated carbocycles. The van der Waals surface area contributed by atoms with Crippen molar-refractivity contribution in [3.8, 4) is 5.75 Å². The molecule has 6 heteroatoms. The molecule has 1 aliphatic heterocycles. The third-order valence-corrected chi connectivity index (χ3v) is 4.53. The fourth-order valence-electron chi connectivity index (χ4n) is 2.13. The fourth-order valence-corrected chi connectivity index (χ4v) is 3.20. The van der Waals surface area contributed by atoms with Gasteiger partial charge in [-0.25, -0.2) is 8.42 Å². The lowest BCUT2D eigenvalue weighted by molar-refractivity contribution is 0.228. The van der Waals surface area contributed by atoms with Crippen LogP contribution in [0.5, 0.6) is 5.75 Å². The highest BCUT2D eigenvalue weighted by Crippen LogP contribution is 2.30. The van der Waals surface area contributed by atoms with E-state index >= 15 is 0 Å². The molecule has 2 rings (SSSR count). The largest absolute Gasteiger partial charge is 0.488 e. The lowest BCUT2D eigenvalue weighted by atomic mass is 10.1. The first kappa shape index (κ1) is 14.8. The van der Waals surface area contributed by atoms with Gasteiger partial charge in [-0.3, -0.25) is 0 Å². The van der Waals surface area contributed by atoms with Crippen LogP contribution in [0.1, 0.15) is 12.0 Å². The van der Waals surface area contributed by atoms with Crippen molar-refractivity contribution < 1.29 is 13.2 Å². The first-order chi connectivity index (χ1) is 8.94. The van der Waals surface area contributed by atoms with E-state index < -0.39 is 9.84 Å². The van der Waals surface area contributed by atoms with E-state index in [9.17, 15) is 8.42 Å². The van der Waals surface area contributed by atoms with Crippen molar-refractivity contribution in [2.24, 2.45) is 0 Å². The lowest BCUT2D eigenvalue weighted by Crippen LogP contribution is -2.31. The Bertz CT molecular complexity index is 545. The Morgan fingerprint density at radius 2 is 2.26 bits per heavy atom. The van der Waals surface area contributed by atoms with Crippen LogP contribution in [0.2, 0.25) is 0 Å². The van der Waals surface area contributed by atoms with E-state index in [0.29, 0.717) is 13.0 Å². The van der Waals surface area contributed by atoms with E-state index in [1.54, 1.807) is 0 Å². The number of benzene rings is 1. The number of fused-ring (bicyclic) bond motifs is 1. The maximum Gasteiger partial charge on any atom is 0.147 e. The van der Waals surface area contributed by atoms with Crippen LogP contribution in [0.15, 0.2) is 22.7 Å². The monoisotopic (exact) mass is 347 g/mol. The summed E-state index contributed by atoms with van der Waals surface area (Å²) in [5.74, 6) is 1.18. The number of ether oxygens (including phenoxy) is 1. The Morgan fingerprint density at radius 1 is 1.47 bits per heavy atom. The zero-order valence-corrected chi connectivity index (χ0v) is 13.3. The van der Waals surface area contributed by atoms with E-state index in [1.165, 1.54) is 11.8 Å². The topological polar surface area (TPSA) is 55.4 Å². The average molecular weight is 348 g/mol. The number of hydrogen-bond donors (Lipinski definition) is 1. The van der Waals surface area contributed by atoms with Crippen molar-refractivity contribution in [3.05, 3.63) is 28.2 Å². The predicted octanol–water partition coefficient (Wildman–Crippen LogP) is 1.78. The van der Waals surface area contributed by atoms with Crippen molar-refractivity contribution in [1.29, 1.82) is 0 Å². The average Bonchev–Trinajstić information content (AvgIpc) is 2.68. The highest BCUT2D eigenvalue weighted by Gasteiger charge is 2.22. The van der Waals surface area contributed by atoms with Gasteiger partial charge in [-0.05, 0) is 36.7 Å². The molecule has 1 unspecified atom stereocenters. The molecule has 0 saturated heterocycles. The second kappa shape index (κ2) is 6.24. The second-order valence-electron chi connectivity index (χ2n) is 4.88. The molecule has 106 valence electrons. The molecule has 1 heterocycles. The number of nitrogens with one attached hydrogen (secondary N) is 1. The van der Waals surface area contributed by atoms with Gasteiger partial charge in [-0.15, -0.1) is 0 Å². The summed E-state index contributed by atoms with van der Waals surface area (Å²) in [7, 11) is -2.85. The molecule has 1 aromatic rings. The molecule has 1 aliphatic rings. The number of sulfone groups is 1. The lowest BCUT2D eigenvalue weighted by Gasteiger charge is -2.11. The van der Waals surface area contributed by atoms with Gasteiger partial charge in [0.1, 0.15) is 21.7 Å². The summed E-state index contributed by atoms with van der Waals surface area (Å²) in [5.41, 5.74) is 1.22. The molecular formula is C13H18BrNO3S. The maximum atomic E-state index is 11.0. The first-order valence-electron chi connectivity index (χ1n) is 6.27. The fraction of sp³-hybridized carbons (Fsp3) is 0.538. The van der Waals surface area contributed by atoms with E-state index in [4.69, 9.17) is 4.74 Å². The van der Waals surface area contributed by atoms with Gasteiger partial charge in [0.2, 0.25) is 0 Å². The smallest absolute Gasteiger partial charge is 0.147 e. The van der Waals surface area contributed by atoms with Gasteiger partial charge in [0.15, 0.2) is 0 Å². The van der Waals surface area contributed by atoms with Crippen LogP contribution >= 0.6 is 15.9 Å². The predicted molar refractivity (Wildman–Crippen MR) is 79.5 cm³/mol. The van der Waals surface area contributed by atoms with Gasteiger partial charge in [-0.2, -0.15) is 0 Å². The molecule has 0 spiro atoms. The summed E-state index contributed by atoms with van der Waals surface area (Å²) < 4.78 is 28.8. The summed E-state index contributed by atoms with van der Waals surface area (Å²) in [6.07, 6.45) is 2.95. The summed E-state index contributed by atoms with van der Waals surface area (Å²) in [6.45, 7) is 1.45. The van der Waals surface area contributed by atoms with Crippen LogP contribution in [0.3, 0.4) is 0 Å². The molecule has 0 aromatic heterocycles. The highest BCUT2D eigenvalue weighted by molar-refractivity contribution is 9.10. The van der Waals surface area contributed by atoms with Gasteiger partial charge in [0.05, 0.1) is 5.75 Å². The van der Waals surface area contributed by atoms with Crippen LogP contribution in [0.25, 0.3) is 0 Å². The van der Waals surface area contributed by atoms with E-state index in [2.05, 4.69) is 27.3 Å². The van der Waals surface area contributed by atoms with Crippen molar-refractivity contribution in [2.45, 2.75) is 18.9 Å².